The topological polar surface area (TPSA) is 12.0 Å². The van der Waals surface area contributed by atoms with Crippen LogP contribution in [0.15, 0.2) is 47.8 Å². The minimum atomic E-state index is 0.264. The summed E-state index contributed by atoms with van der Waals surface area (Å²) in [5.41, 5.74) is 4.06. The molecular weight excluding hydrogens is 262 g/mol. The Bertz CT molecular complexity index is 742. The van der Waals surface area contributed by atoms with Crippen LogP contribution in [-0.4, -0.2) is 7.05 Å². The maximum atomic E-state index is 3.48. The zero-order valence-corrected chi connectivity index (χ0v) is 12.9. The van der Waals surface area contributed by atoms with E-state index in [1.165, 1.54) is 32.3 Å². The van der Waals surface area contributed by atoms with E-state index >= 15 is 0 Å². The molecule has 2 aromatic carbocycles. The smallest absolute Gasteiger partial charge is 0.0677 e. The van der Waals surface area contributed by atoms with Crippen molar-refractivity contribution in [2.75, 3.05) is 7.05 Å². The molecule has 1 aromatic heterocycles. The summed E-state index contributed by atoms with van der Waals surface area (Å²) in [6.45, 7) is 4.36. The highest BCUT2D eigenvalue weighted by molar-refractivity contribution is 7.10. The molecule has 0 spiro atoms. The fraction of sp³-hybridized carbons (Fsp3) is 0.222. The van der Waals surface area contributed by atoms with E-state index in [1.54, 1.807) is 0 Å². The number of aryl methyl sites for hydroxylation is 2. The lowest BCUT2D eigenvalue weighted by atomic mass is 9.94. The highest BCUT2D eigenvalue weighted by Gasteiger charge is 2.18. The average molecular weight is 281 g/mol. The number of thiophene rings is 1. The van der Waals surface area contributed by atoms with Gasteiger partial charge in [-0.2, -0.15) is 0 Å². The van der Waals surface area contributed by atoms with Crippen LogP contribution in [-0.2, 0) is 0 Å². The van der Waals surface area contributed by atoms with Gasteiger partial charge in [0.05, 0.1) is 6.04 Å². The summed E-state index contributed by atoms with van der Waals surface area (Å²) >= 11 is 1.83. The van der Waals surface area contributed by atoms with E-state index in [4.69, 9.17) is 0 Å². The van der Waals surface area contributed by atoms with Crippen molar-refractivity contribution in [3.8, 4) is 0 Å². The zero-order chi connectivity index (χ0) is 14.1. The molecule has 1 nitrogen and oxygen atoms in total. The van der Waals surface area contributed by atoms with Gasteiger partial charge in [-0.1, -0.05) is 36.4 Å². The third kappa shape index (κ3) is 2.15. The molecule has 1 N–H and O–H groups in total. The summed E-state index contributed by atoms with van der Waals surface area (Å²) in [5, 5.41) is 8.35. The molecule has 102 valence electrons. The van der Waals surface area contributed by atoms with Crippen molar-refractivity contribution in [1.82, 2.24) is 5.32 Å². The lowest BCUT2D eigenvalue weighted by Crippen LogP contribution is -2.17. The summed E-state index contributed by atoms with van der Waals surface area (Å²) in [6, 6.07) is 15.6. The summed E-state index contributed by atoms with van der Waals surface area (Å²) in [7, 11) is 2.04. The summed E-state index contributed by atoms with van der Waals surface area (Å²) < 4.78 is 0. The molecule has 0 aliphatic rings. The van der Waals surface area contributed by atoms with Crippen LogP contribution in [0.5, 0.6) is 0 Å². The van der Waals surface area contributed by atoms with Gasteiger partial charge in [0.15, 0.2) is 0 Å². The van der Waals surface area contributed by atoms with Crippen LogP contribution in [0.3, 0.4) is 0 Å². The van der Waals surface area contributed by atoms with Crippen molar-refractivity contribution in [2.45, 2.75) is 19.9 Å². The third-order valence-corrected chi connectivity index (χ3v) is 5.02. The fourth-order valence-corrected chi connectivity index (χ4v) is 3.89. The van der Waals surface area contributed by atoms with Gasteiger partial charge in [0.2, 0.25) is 0 Å². The van der Waals surface area contributed by atoms with Gasteiger partial charge in [-0.25, -0.2) is 0 Å². The van der Waals surface area contributed by atoms with E-state index in [9.17, 15) is 0 Å². The van der Waals surface area contributed by atoms with Crippen LogP contribution in [0.1, 0.15) is 27.6 Å². The highest BCUT2D eigenvalue weighted by atomic mass is 32.1. The van der Waals surface area contributed by atoms with Gasteiger partial charge in [-0.3, -0.25) is 0 Å². The van der Waals surface area contributed by atoms with E-state index in [-0.39, 0.29) is 6.04 Å². The predicted octanol–water partition coefficient (Wildman–Crippen LogP) is 4.83. The monoisotopic (exact) mass is 281 g/mol. The minimum absolute atomic E-state index is 0.264. The second kappa shape index (κ2) is 5.39. The van der Waals surface area contributed by atoms with Crippen LogP contribution in [0, 0.1) is 13.8 Å². The Labute approximate surface area is 124 Å². The first kappa shape index (κ1) is 13.3. The van der Waals surface area contributed by atoms with Crippen molar-refractivity contribution in [1.29, 1.82) is 0 Å². The van der Waals surface area contributed by atoms with Gasteiger partial charge in [-0.05, 0) is 59.8 Å². The average Bonchev–Trinajstić information content (AvgIpc) is 2.89. The molecule has 0 saturated heterocycles. The van der Waals surface area contributed by atoms with Crippen molar-refractivity contribution >= 4 is 22.1 Å². The van der Waals surface area contributed by atoms with Crippen molar-refractivity contribution in [3.63, 3.8) is 0 Å². The Morgan fingerprint density at radius 2 is 1.65 bits per heavy atom. The summed E-state index contributed by atoms with van der Waals surface area (Å²) in [6.07, 6.45) is 0. The van der Waals surface area contributed by atoms with Gasteiger partial charge >= 0.3 is 0 Å². The van der Waals surface area contributed by atoms with Crippen molar-refractivity contribution < 1.29 is 0 Å². The van der Waals surface area contributed by atoms with E-state index < -0.39 is 0 Å². The van der Waals surface area contributed by atoms with Gasteiger partial charge < -0.3 is 5.32 Å². The lowest BCUT2D eigenvalue weighted by Gasteiger charge is -2.19. The van der Waals surface area contributed by atoms with E-state index in [1.807, 2.05) is 18.4 Å². The molecule has 20 heavy (non-hydrogen) atoms. The predicted molar refractivity (Wildman–Crippen MR) is 88.6 cm³/mol. The molecular formula is C18H19NS. The number of hydrogen-bond acceptors (Lipinski definition) is 2. The zero-order valence-electron chi connectivity index (χ0n) is 12.1. The molecule has 1 heterocycles. The number of nitrogens with one attached hydrogen (secondary N) is 1. The Morgan fingerprint density at radius 1 is 0.900 bits per heavy atom. The van der Waals surface area contributed by atoms with Gasteiger partial charge in [-0.15, -0.1) is 11.3 Å². The second-order valence-corrected chi connectivity index (χ2v) is 6.15. The standard InChI is InChI=1S/C18H19NS/c1-12-8-9-16(15-7-5-4-6-14(12)15)17(19-3)18-13(2)10-11-20-18/h4-11,17,19H,1-3H3. The molecule has 0 bridgehead atoms. The normalized spacial score (nSPS) is 12.8. The first-order valence-electron chi connectivity index (χ1n) is 6.92. The molecule has 0 radical (unpaired) electrons. The molecule has 3 rings (SSSR count). The fourth-order valence-electron chi connectivity index (χ4n) is 2.83. The molecule has 0 aliphatic carbocycles. The van der Waals surface area contributed by atoms with Crippen LogP contribution < -0.4 is 5.32 Å². The maximum absolute atomic E-state index is 3.48. The Balaban J connectivity index is 2.23. The largest absolute Gasteiger partial charge is 0.309 e. The van der Waals surface area contributed by atoms with Crippen LogP contribution in [0.2, 0.25) is 0 Å². The van der Waals surface area contributed by atoms with E-state index in [0.717, 1.165) is 0 Å². The van der Waals surface area contributed by atoms with Crippen molar-refractivity contribution in [3.05, 3.63) is 69.4 Å². The molecule has 1 atom stereocenters. The first-order chi connectivity index (χ1) is 9.72. The molecule has 0 saturated carbocycles. The molecule has 0 fully saturated rings. The van der Waals surface area contributed by atoms with E-state index in [2.05, 4.69) is 67.0 Å². The molecule has 2 heteroatoms. The molecule has 1 unspecified atom stereocenters. The lowest BCUT2D eigenvalue weighted by molar-refractivity contribution is 0.705. The van der Waals surface area contributed by atoms with Crippen LogP contribution in [0.4, 0.5) is 0 Å². The number of benzene rings is 2. The van der Waals surface area contributed by atoms with Crippen molar-refractivity contribution in [2.24, 2.45) is 0 Å². The third-order valence-electron chi connectivity index (χ3n) is 3.94. The summed E-state index contributed by atoms with van der Waals surface area (Å²) in [4.78, 5) is 1.40. The SMILES string of the molecule is CNC(c1sccc1C)c1ccc(C)c2ccccc12. The van der Waals surface area contributed by atoms with Crippen LogP contribution >= 0.6 is 11.3 Å². The van der Waals surface area contributed by atoms with Gasteiger partial charge in [0, 0.05) is 4.88 Å². The van der Waals surface area contributed by atoms with Gasteiger partial charge in [0.1, 0.15) is 0 Å². The van der Waals surface area contributed by atoms with Gasteiger partial charge in [0.25, 0.3) is 0 Å². The summed E-state index contributed by atoms with van der Waals surface area (Å²) in [5.74, 6) is 0. The Morgan fingerprint density at radius 3 is 2.30 bits per heavy atom. The molecule has 0 aliphatic heterocycles. The highest BCUT2D eigenvalue weighted by Crippen LogP contribution is 2.34. The molecule has 3 aromatic rings. The Hall–Kier alpha value is -1.64. The first-order valence-corrected chi connectivity index (χ1v) is 7.80. The maximum Gasteiger partial charge on any atom is 0.0677 e. The minimum Gasteiger partial charge on any atom is -0.309 e. The number of fused-ring (bicyclic) bond motifs is 1. The Kier molecular flexibility index (Phi) is 3.60. The van der Waals surface area contributed by atoms with Crippen LogP contribution in [0.25, 0.3) is 10.8 Å². The quantitative estimate of drug-likeness (QED) is 0.725. The number of rotatable bonds is 3. The molecule has 0 amide bonds. The second-order valence-electron chi connectivity index (χ2n) is 5.21. The van der Waals surface area contributed by atoms with E-state index in [0.29, 0.717) is 0 Å². The number of hydrogen-bond donors (Lipinski definition) is 1.